The fourth-order valence-corrected chi connectivity index (χ4v) is 1.87. The van der Waals surface area contributed by atoms with Crippen molar-refractivity contribution in [1.82, 2.24) is 0 Å². The monoisotopic (exact) mass is 176 g/mol. The summed E-state index contributed by atoms with van der Waals surface area (Å²) >= 11 is 1.97. The van der Waals surface area contributed by atoms with E-state index >= 15 is 0 Å². The summed E-state index contributed by atoms with van der Waals surface area (Å²) in [5.41, 5.74) is 0. The highest BCUT2D eigenvalue weighted by Crippen LogP contribution is 2.10. The van der Waals surface area contributed by atoms with Gasteiger partial charge >= 0.3 is 0 Å². The average molecular weight is 176 g/mol. The molecule has 0 amide bonds. The van der Waals surface area contributed by atoms with Gasteiger partial charge in [0.05, 0.1) is 0 Å². The predicted octanol–water partition coefficient (Wildman–Crippen LogP) is 2.54. The average Bonchev–Trinajstić information content (AvgIpc) is 2.04. The maximum atomic E-state index is 8.72. The summed E-state index contributed by atoms with van der Waals surface area (Å²) in [4.78, 5) is 0. The van der Waals surface area contributed by atoms with E-state index in [2.05, 4.69) is 13.8 Å². The smallest absolute Gasteiger partial charge is 0.0464 e. The minimum Gasteiger partial charge on any atom is -0.396 e. The van der Waals surface area contributed by atoms with Crippen LogP contribution in [0.2, 0.25) is 0 Å². The SMILES string of the molecule is CCCCCSCC(C)CO. The van der Waals surface area contributed by atoms with Crippen molar-refractivity contribution >= 4 is 11.8 Å². The molecule has 0 heterocycles. The van der Waals surface area contributed by atoms with E-state index in [-0.39, 0.29) is 0 Å². The van der Waals surface area contributed by atoms with Crippen LogP contribution < -0.4 is 0 Å². The second-order valence-corrected chi connectivity index (χ2v) is 4.22. The van der Waals surface area contributed by atoms with Crippen LogP contribution in [0.3, 0.4) is 0 Å². The van der Waals surface area contributed by atoms with Crippen LogP contribution in [-0.2, 0) is 0 Å². The van der Waals surface area contributed by atoms with E-state index in [0.717, 1.165) is 5.75 Å². The van der Waals surface area contributed by atoms with Gasteiger partial charge in [-0.15, -0.1) is 0 Å². The topological polar surface area (TPSA) is 20.2 Å². The summed E-state index contributed by atoms with van der Waals surface area (Å²) in [5, 5.41) is 8.72. The fourth-order valence-electron chi connectivity index (χ4n) is 0.791. The first-order valence-electron chi connectivity index (χ1n) is 4.49. The summed E-state index contributed by atoms with van der Waals surface area (Å²) in [6.07, 6.45) is 3.98. The molecule has 0 aliphatic heterocycles. The van der Waals surface area contributed by atoms with Crippen LogP contribution in [0.5, 0.6) is 0 Å². The number of aliphatic hydroxyl groups excluding tert-OH is 1. The van der Waals surface area contributed by atoms with E-state index in [4.69, 9.17) is 5.11 Å². The molecule has 0 saturated heterocycles. The Bertz CT molecular complexity index is 76.0. The quantitative estimate of drug-likeness (QED) is 0.602. The third-order valence-electron chi connectivity index (χ3n) is 1.61. The highest BCUT2D eigenvalue weighted by atomic mass is 32.2. The van der Waals surface area contributed by atoms with Crippen molar-refractivity contribution in [1.29, 1.82) is 0 Å². The summed E-state index contributed by atoms with van der Waals surface area (Å²) in [7, 11) is 0. The molecule has 0 aromatic rings. The van der Waals surface area contributed by atoms with E-state index in [1.54, 1.807) is 0 Å². The lowest BCUT2D eigenvalue weighted by atomic mass is 10.2. The number of aliphatic hydroxyl groups is 1. The van der Waals surface area contributed by atoms with Crippen LogP contribution in [0.1, 0.15) is 33.1 Å². The summed E-state index contributed by atoms with van der Waals surface area (Å²) in [5.74, 6) is 2.85. The molecule has 0 radical (unpaired) electrons. The van der Waals surface area contributed by atoms with Gasteiger partial charge in [-0.1, -0.05) is 26.7 Å². The molecular weight excluding hydrogens is 156 g/mol. The first-order valence-corrected chi connectivity index (χ1v) is 5.65. The Kier molecular flexibility index (Phi) is 8.64. The second-order valence-electron chi connectivity index (χ2n) is 3.07. The van der Waals surface area contributed by atoms with Crippen LogP contribution in [0.15, 0.2) is 0 Å². The largest absolute Gasteiger partial charge is 0.396 e. The van der Waals surface area contributed by atoms with Gasteiger partial charge in [0.25, 0.3) is 0 Å². The number of hydrogen-bond donors (Lipinski definition) is 1. The van der Waals surface area contributed by atoms with Crippen LogP contribution in [-0.4, -0.2) is 23.2 Å². The van der Waals surface area contributed by atoms with E-state index < -0.39 is 0 Å². The number of rotatable bonds is 7. The molecule has 0 aromatic carbocycles. The van der Waals surface area contributed by atoms with Crippen molar-refractivity contribution in [3.63, 3.8) is 0 Å². The molecule has 0 aliphatic rings. The van der Waals surface area contributed by atoms with E-state index in [0.29, 0.717) is 12.5 Å². The summed E-state index contributed by atoms with van der Waals surface area (Å²) in [6, 6.07) is 0. The fraction of sp³-hybridized carbons (Fsp3) is 1.00. The Labute approximate surface area is 74.6 Å². The number of thioether (sulfide) groups is 1. The van der Waals surface area contributed by atoms with Crippen LogP contribution in [0, 0.1) is 5.92 Å². The Morgan fingerprint density at radius 2 is 2.09 bits per heavy atom. The van der Waals surface area contributed by atoms with E-state index in [9.17, 15) is 0 Å². The van der Waals surface area contributed by atoms with Gasteiger partial charge in [0.2, 0.25) is 0 Å². The molecule has 0 saturated carbocycles. The Morgan fingerprint density at radius 1 is 1.36 bits per heavy atom. The molecule has 1 unspecified atom stereocenters. The van der Waals surface area contributed by atoms with Gasteiger partial charge in [0, 0.05) is 6.61 Å². The maximum absolute atomic E-state index is 8.72. The molecule has 0 aliphatic carbocycles. The van der Waals surface area contributed by atoms with Gasteiger partial charge in [-0.3, -0.25) is 0 Å². The minimum atomic E-state index is 0.334. The zero-order valence-electron chi connectivity index (χ0n) is 7.68. The third-order valence-corrected chi connectivity index (χ3v) is 2.99. The summed E-state index contributed by atoms with van der Waals surface area (Å²) < 4.78 is 0. The van der Waals surface area contributed by atoms with Crippen LogP contribution in [0.25, 0.3) is 0 Å². The van der Waals surface area contributed by atoms with Gasteiger partial charge in [-0.05, 0) is 23.8 Å². The zero-order valence-corrected chi connectivity index (χ0v) is 8.49. The van der Waals surface area contributed by atoms with Crippen LogP contribution in [0.4, 0.5) is 0 Å². The standard InChI is InChI=1S/C9H20OS/c1-3-4-5-6-11-8-9(2)7-10/h9-10H,3-8H2,1-2H3. The molecule has 2 heteroatoms. The Hall–Kier alpha value is 0.310. The first-order chi connectivity index (χ1) is 5.31. The van der Waals surface area contributed by atoms with Gasteiger partial charge in [-0.2, -0.15) is 11.8 Å². The lowest BCUT2D eigenvalue weighted by Gasteiger charge is -2.05. The first kappa shape index (κ1) is 11.3. The molecule has 0 aromatic heterocycles. The minimum absolute atomic E-state index is 0.334. The lowest BCUT2D eigenvalue weighted by molar-refractivity contribution is 0.250. The van der Waals surface area contributed by atoms with Crippen molar-refractivity contribution in [3.05, 3.63) is 0 Å². The molecule has 11 heavy (non-hydrogen) atoms. The molecule has 1 atom stereocenters. The molecule has 0 bridgehead atoms. The van der Waals surface area contributed by atoms with Crippen molar-refractivity contribution in [2.45, 2.75) is 33.1 Å². The molecule has 0 fully saturated rings. The normalized spacial score (nSPS) is 13.4. The molecule has 0 spiro atoms. The van der Waals surface area contributed by atoms with Crippen molar-refractivity contribution < 1.29 is 5.11 Å². The molecular formula is C9H20OS. The second kappa shape index (κ2) is 8.41. The van der Waals surface area contributed by atoms with Crippen LogP contribution >= 0.6 is 11.8 Å². The highest BCUT2D eigenvalue weighted by molar-refractivity contribution is 7.99. The van der Waals surface area contributed by atoms with Gasteiger partial charge < -0.3 is 5.11 Å². The molecule has 1 nitrogen and oxygen atoms in total. The maximum Gasteiger partial charge on any atom is 0.0464 e. The van der Waals surface area contributed by atoms with Gasteiger partial charge in [0.15, 0.2) is 0 Å². The van der Waals surface area contributed by atoms with Crippen molar-refractivity contribution in [3.8, 4) is 0 Å². The molecule has 68 valence electrons. The Morgan fingerprint density at radius 3 is 2.64 bits per heavy atom. The Balaban J connectivity index is 2.89. The van der Waals surface area contributed by atoms with E-state index in [1.807, 2.05) is 11.8 Å². The molecule has 1 N–H and O–H groups in total. The number of unbranched alkanes of at least 4 members (excludes halogenated alkanes) is 2. The van der Waals surface area contributed by atoms with Gasteiger partial charge in [0.1, 0.15) is 0 Å². The predicted molar refractivity (Wildman–Crippen MR) is 53.1 cm³/mol. The van der Waals surface area contributed by atoms with Gasteiger partial charge in [-0.25, -0.2) is 0 Å². The molecule has 0 rings (SSSR count). The third kappa shape index (κ3) is 8.21. The number of hydrogen-bond acceptors (Lipinski definition) is 2. The highest BCUT2D eigenvalue weighted by Gasteiger charge is 1.98. The van der Waals surface area contributed by atoms with Crippen molar-refractivity contribution in [2.75, 3.05) is 18.1 Å². The zero-order chi connectivity index (χ0) is 8.53. The van der Waals surface area contributed by atoms with E-state index in [1.165, 1.54) is 25.0 Å². The van der Waals surface area contributed by atoms with Crippen molar-refractivity contribution in [2.24, 2.45) is 5.92 Å². The lowest BCUT2D eigenvalue weighted by Crippen LogP contribution is -2.03. The summed E-state index contributed by atoms with van der Waals surface area (Å²) in [6.45, 7) is 4.65.